The molecule has 2 aromatic heterocycles. The van der Waals surface area contributed by atoms with Gasteiger partial charge in [0, 0.05) is 17.4 Å². The summed E-state index contributed by atoms with van der Waals surface area (Å²) in [5, 5.41) is 4.08. The molecule has 0 spiro atoms. The minimum absolute atomic E-state index is 0.185. The van der Waals surface area contributed by atoms with Crippen LogP contribution in [0.5, 0.6) is 0 Å². The van der Waals surface area contributed by atoms with E-state index in [-0.39, 0.29) is 18.1 Å². The zero-order valence-corrected chi connectivity index (χ0v) is 20.3. The molecule has 0 bridgehead atoms. The molecule has 6 nitrogen and oxygen atoms in total. The Balaban J connectivity index is 1.53. The van der Waals surface area contributed by atoms with Crippen molar-refractivity contribution in [3.8, 4) is 11.3 Å². The van der Waals surface area contributed by atoms with Gasteiger partial charge in [0.05, 0.1) is 24.4 Å². The molecule has 1 aliphatic heterocycles. The number of nitrogens with one attached hydrogen (secondary N) is 1. The second-order valence-corrected chi connectivity index (χ2v) is 8.67. The molecule has 7 heteroatoms. The second-order valence-electron chi connectivity index (χ2n) is 8.29. The van der Waals surface area contributed by atoms with Crippen LogP contribution in [0, 0.1) is 0 Å². The third-order valence-corrected chi connectivity index (χ3v) is 6.54. The van der Waals surface area contributed by atoms with Gasteiger partial charge in [-0.05, 0) is 72.7 Å². The van der Waals surface area contributed by atoms with Gasteiger partial charge in [-0.3, -0.25) is 4.98 Å². The number of benzene rings is 2. The molecule has 5 rings (SSSR count). The van der Waals surface area contributed by atoms with Gasteiger partial charge in [0.25, 0.3) is 0 Å². The number of pyridine rings is 1. The van der Waals surface area contributed by atoms with Crippen LogP contribution in [0.4, 0.5) is 5.69 Å². The standard InChI is InChI=1S/C28H25N3O3S/c1-3-18-7-13-21(14-8-18)31-26(25(30-28(31)35)22-6-4-5-17-29-22)24-16-15-23(34-24)19-9-11-20(12-10-19)27(32)33-2/h4-17,25-26H,3H2,1-2H3,(H,30,35)/t25-,26-/m0/s1. The Kier molecular flexibility index (Phi) is 6.33. The lowest BCUT2D eigenvalue weighted by atomic mass is 10.0. The first-order chi connectivity index (χ1) is 17.1. The van der Waals surface area contributed by atoms with Crippen molar-refractivity contribution < 1.29 is 13.9 Å². The quantitative estimate of drug-likeness (QED) is 0.272. The van der Waals surface area contributed by atoms with Gasteiger partial charge in [0.15, 0.2) is 5.11 Å². The molecule has 0 radical (unpaired) electrons. The van der Waals surface area contributed by atoms with E-state index < -0.39 is 0 Å². The maximum absolute atomic E-state index is 11.8. The molecule has 0 amide bonds. The Hall–Kier alpha value is -3.97. The summed E-state index contributed by atoms with van der Waals surface area (Å²) in [4.78, 5) is 18.5. The number of carbonyl (C=O) groups excluding carboxylic acids is 1. The summed E-state index contributed by atoms with van der Waals surface area (Å²) < 4.78 is 11.2. The number of aryl methyl sites for hydroxylation is 1. The van der Waals surface area contributed by atoms with Gasteiger partial charge < -0.3 is 19.4 Å². The van der Waals surface area contributed by atoms with Gasteiger partial charge in [0.2, 0.25) is 0 Å². The van der Waals surface area contributed by atoms with Crippen molar-refractivity contribution in [3.63, 3.8) is 0 Å². The number of nitrogens with zero attached hydrogens (tertiary/aromatic N) is 2. The first-order valence-corrected chi connectivity index (χ1v) is 11.9. The van der Waals surface area contributed by atoms with Crippen LogP contribution in [0.15, 0.2) is 89.5 Å². The number of methoxy groups -OCH3 is 1. The van der Waals surface area contributed by atoms with Gasteiger partial charge in [0.1, 0.15) is 17.6 Å². The molecule has 1 N–H and O–H groups in total. The summed E-state index contributed by atoms with van der Waals surface area (Å²) >= 11 is 5.79. The first kappa shape index (κ1) is 22.8. The SMILES string of the molecule is CCc1ccc(N2C(=S)N[C@@H](c3ccccn3)[C@@H]2c2ccc(-c3ccc(C(=O)OC)cc3)o2)cc1. The minimum Gasteiger partial charge on any atom is -0.465 e. The highest BCUT2D eigenvalue weighted by molar-refractivity contribution is 7.80. The average molecular weight is 484 g/mol. The Bertz CT molecular complexity index is 1330. The van der Waals surface area contributed by atoms with Crippen LogP contribution < -0.4 is 10.2 Å². The predicted molar refractivity (Wildman–Crippen MR) is 139 cm³/mol. The molecule has 1 saturated heterocycles. The first-order valence-electron chi connectivity index (χ1n) is 11.5. The van der Waals surface area contributed by atoms with Crippen LogP contribution in [-0.2, 0) is 11.2 Å². The second kappa shape index (κ2) is 9.72. The third-order valence-electron chi connectivity index (χ3n) is 6.23. The number of furan rings is 1. The lowest BCUT2D eigenvalue weighted by Gasteiger charge is -2.26. The maximum atomic E-state index is 11.8. The van der Waals surface area contributed by atoms with E-state index in [9.17, 15) is 4.79 Å². The van der Waals surface area contributed by atoms with Crippen LogP contribution in [0.2, 0.25) is 0 Å². The molecule has 1 fully saturated rings. The highest BCUT2D eigenvalue weighted by Gasteiger charge is 2.42. The van der Waals surface area contributed by atoms with Crippen LogP contribution in [0.3, 0.4) is 0 Å². The Morgan fingerprint density at radius 3 is 2.49 bits per heavy atom. The summed E-state index contributed by atoms with van der Waals surface area (Å²) in [6.07, 6.45) is 2.76. The number of thiocarbonyl (C=S) groups is 1. The average Bonchev–Trinajstić information content (AvgIpc) is 3.53. The monoisotopic (exact) mass is 483 g/mol. The Labute approximate surface area is 209 Å². The summed E-state index contributed by atoms with van der Waals surface area (Å²) in [6, 6.07) is 25.0. The van der Waals surface area contributed by atoms with E-state index in [1.165, 1.54) is 12.7 Å². The van der Waals surface area contributed by atoms with E-state index in [0.29, 0.717) is 16.4 Å². The number of anilines is 1. The van der Waals surface area contributed by atoms with Crippen molar-refractivity contribution in [2.24, 2.45) is 0 Å². The summed E-state index contributed by atoms with van der Waals surface area (Å²) in [6.45, 7) is 2.14. The van der Waals surface area contributed by atoms with Gasteiger partial charge in [-0.1, -0.05) is 37.3 Å². The van der Waals surface area contributed by atoms with Crippen molar-refractivity contribution in [1.29, 1.82) is 0 Å². The zero-order valence-electron chi connectivity index (χ0n) is 19.5. The van der Waals surface area contributed by atoms with Gasteiger partial charge in [-0.25, -0.2) is 4.79 Å². The summed E-state index contributed by atoms with van der Waals surface area (Å²) in [7, 11) is 1.37. The highest BCUT2D eigenvalue weighted by Crippen LogP contribution is 2.43. The smallest absolute Gasteiger partial charge is 0.337 e. The van der Waals surface area contributed by atoms with Crippen molar-refractivity contribution in [2.75, 3.05) is 12.0 Å². The van der Waals surface area contributed by atoms with Gasteiger partial charge in [-0.15, -0.1) is 0 Å². The van der Waals surface area contributed by atoms with Crippen molar-refractivity contribution in [2.45, 2.75) is 25.4 Å². The fourth-order valence-electron chi connectivity index (χ4n) is 4.37. The lowest BCUT2D eigenvalue weighted by molar-refractivity contribution is 0.0600. The Morgan fingerprint density at radius 1 is 1.06 bits per heavy atom. The van der Waals surface area contributed by atoms with E-state index in [1.54, 1.807) is 18.3 Å². The van der Waals surface area contributed by atoms with Gasteiger partial charge in [-0.2, -0.15) is 0 Å². The Morgan fingerprint density at radius 2 is 1.83 bits per heavy atom. The molecule has 1 aliphatic rings. The number of esters is 1. The molecule has 176 valence electrons. The largest absolute Gasteiger partial charge is 0.465 e. The van der Waals surface area contributed by atoms with E-state index in [1.807, 2.05) is 42.5 Å². The molecular weight excluding hydrogens is 458 g/mol. The number of carbonyl (C=O) groups is 1. The van der Waals surface area contributed by atoms with Crippen LogP contribution >= 0.6 is 12.2 Å². The molecule has 0 aliphatic carbocycles. The van der Waals surface area contributed by atoms with Crippen LogP contribution in [0.25, 0.3) is 11.3 Å². The van der Waals surface area contributed by atoms with Crippen LogP contribution in [-0.4, -0.2) is 23.2 Å². The van der Waals surface area contributed by atoms with Crippen molar-refractivity contribution in [3.05, 3.63) is 108 Å². The molecule has 35 heavy (non-hydrogen) atoms. The minimum atomic E-state index is -0.370. The van der Waals surface area contributed by atoms with Crippen molar-refractivity contribution in [1.82, 2.24) is 10.3 Å². The fourth-order valence-corrected chi connectivity index (χ4v) is 4.72. The normalized spacial score (nSPS) is 17.3. The molecule has 0 saturated carbocycles. The van der Waals surface area contributed by atoms with E-state index in [0.717, 1.165) is 29.1 Å². The van der Waals surface area contributed by atoms with Crippen molar-refractivity contribution >= 4 is 29.0 Å². The van der Waals surface area contributed by atoms with Crippen LogP contribution in [0.1, 0.15) is 46.4 Å². The van der Waals surface area contributed by atoms with Gasteiger partial charge >= 0.3 is 5.97 Å². The topological polar surface area (TPSA) is 67.6 Å². The summed E-state index contributed by atoms with van der Waals surface area (Å²) in [5.74, 6) is 1.10. The molecule has 4 aromatic rings. The molecular formula is C28H25N3O3S. The van der Waals surface area contributed by atoms with E-state index in [4.69, 9.17) is 21.4 Å². The fraction of sp³-hybridized carbons (Fsp3) is 0.179. The molecule has 0 unspecified atom stereocenters. The summed E-state index contributed by atoms with van der Waals surface area (Å²) in [5.41, 5.74) is 4.49. The number of aromatic nitrogens is 1. The lowest BCUT2D eigenvalue weighted by Crippen LogP contribution is -2.29. The van der Waals surface area contributed by atoms with E-state index in [2.05, 4.69) is 46.4 Å². The highest BCUT2D eigenvalue weighted by atomic mass is 32.1. The predicted octanol–water partition coefficient (Wildman–Crippen LogP) is 5.87. The van der Waals surface area contributed by atoms with E-state index >= 15 is 0 Å². The third kappa shape index (κ3) is 4.42. The molecule has 3 heterocycles. The molecule has 2 aromatic carbocycles. The zero-order chi connectivity index (χ0) is 24.4. The number of hydrogen-bond donors (Lipinski definition) is 1. The number of rotatable bonds is 6. The number of ether oxygens (including phenoxy) is 1. The maximum Gasteiger partial charge on any atom is 0.337 e. The number of hydrogen-bond acceptors (Lipinski definition) is 5. The molecule has 2 atom stereocenters.